The number of aryl methyl sites for hydroxylation is 3. The molecule has 0 fully saturated rings. The van der Waals surface area contributed by atoms with Crippen molar-refractivity contribution >= 4 is 28.7 Å². The van der Waals surface area contributed by atoms with Gasteiger partial charge in [0.1, 0.15) is 5.82 Å². The van der Waals surface area contributed by atoms with E-state index in [1.165, 1.54) is 28.3 Å². The summed E-state index contributed by atoms with van der Waals surface area (Å²) in [6.45, 7) is 5.88. The van der Waals surface area contributed by atoms with Gasteiger partial charge in [0.2, 0.25) is 0 Å². The van der Waals surface area contributed by atoms with Gasteiger partial charge in [-0.25, -0.2) is 4.68 Å². The average molecular weight is 370 g/mol. The molecule has 3 rings (SSSR count). The number of rotatable bonds is 5. The van der Waals surface area contributed by atoms with E-state index in [1.54, 1.807) is 22.9 Å². The summed E-state index contributed by atoms with van der Waals surface area (Å²) in [6, 6.07) is 9.68. The first-order chi connectivity index (χ1) is 12.4. The number of non-ortho nitro benzene ring substituents is 1. The van der Waals surface area contributed by atoms with Gasteiger partial charge in [-0.2, -0.15) is 5.10 Å². The minimum absolute atomic E-state index is 0.00405. The molecule has 0 saturated heterocycles. The Bertz CT molecular complexity index is 973. The number of amides is 1. The fourth-order valence-electron chi connectivity index (χ4n) is 2.66. The van der Waals surface area contributed by atoms with E-state index in [4.69, 9.17) is 0 Å². The van der Waals surface area contributed by atoms with Crippen LogP contribution in [-0.2, 0) is 6.42 Å². The van der Waals surface area contributed by atoms with Crippen molar-refractivity contribution in [3.8, 4) is 5.69 Å². The minimum Gasteiger partial charge on any atom is -0.306 e. The molecular weight excluding hydrogens is 352 g/mol. The number of aromatic nitrogens is 2. The molecule has 0 aliphatic rings. The van der Waals surface area contributed by atoms with Crippen LogP contribution in [0.3, 0.4) is 0 Å². The Kier molecular flexibility index (Phi) is 4.85. The number of hydrogen-bond acceptors (Lipinski definition) is 5. The number of nitrogens with one attached hydrogen (secondary N) is 1. The Morgan fingerprint density at radius 1 is 1.27 bits per heavy atom. The first-order valence-corrected chi connectivity index (χ1v) is 8.93. The highest BCUT2D eigenvalue weighted by Gasteiger charge is 2.16. The van der Waals surface area contributed by atoms with Gasteiger partial charge in [-0.3, -0.25) is 14.9 Å². The molecule has 0 aliphatic heterocycles. The second kappa shape index (κ2) is 7.09. The Hall–Kier alpha value is -3.00. The van der Waals surface area contributed by atoms with Crippen LogP contribution in [0.5, 0.6) is 0 Å². The number of hydrogen-bond donors (Lipinski definition) is 1. The van der Waals surface area contributed by atoms with Crippen molar-refractivity contribution in [1.29, 1.82) is 0 Å². The standard InChI is InChI=1S/C18H18N4O3S/c1-4-15-11(2)9-16(26-15)18(23)19-17-10-12(3)20-21(17)13-5-7-14(8-6-13)22(24)25/h5-10H,4H2,1-3H3,(H,19,23). The molecule has 0 unspecified atom stereocenters. The van der Waals surface area contributed by atoms with Crippen LogP contribution in [0.25, 0.3) is 5.69 Å². The second-order valence-corrected chi connectivity index (χ2v) is 7.02. The molecule has 26 heavy (non-hydrogen) atoms. The highest BCUT2D eigenvalue weighted by atomic mass is 32.1. The van der Waals surface area contributed by atoms with Crippen molar-refractivity contribution in [2.75, 3.05) is 5.32 Å². The Labute approximate surface area is 154 Å². The average Bonchev–Trinajstić information content (AvgIpc) is 3.17. The van der Waals surface area contributed by atoms with Crippen molar-refractivity contribution in [3.63, 3.8) is 0 Å². The van der Waals surface area contributed by atoms with Gasteiger partial charge in [0.25, 0.3) is 11.6 Å². The van der Waals surface area contributed by atoms with Gasteiger partial charge in [-0.1, -0.05) is 6.92 Å². The van der Waals surface area contributed by atoms with E-state index < -0.39 is 4.92 Å². The molecule has 7 nitrogen and oxygen atoms in total. The van der Waals surface area contributed by atoms with Gasteiger partial charge in [-0.15, -0.1) is 11.3 Å². The zero-order valence-corrected chi connectivity index (χ0v) is 15.5. The number of benzene rings is 1. The van der Waals surface area contributed by atoms with Crippen LogP contribution >= 0.6 is 11.3 Å². The first-order valence-electron chi connectivity index (χ1n) is 8.11. The lowest BCUT2D eigenvalue weighted by Gasteiger charge is -2.08. The van der Waals surface area contributed by atoms with Crippen LogP contribution in [0.1, 0.15) is 32.7 Å². The molecule has 0 aliphatic carbocycles. The zero-order valence-electron chi connectivity index (χ0n) is 14.6. The molecule has 134 valence electrons. The molecule has 0 radical (unpaired) electrons. The number of nitro benzene ring substituents is 1. The summed E-state index contributed by atoms with van der Waals surface area (Å²) in [6.07, 6.45) is 0.892. The Morgan fingerprint density at radius 3 is 2.54 bits per heavy atom. The van der Waals surface area contributed by atoms with Crippen LogP contribution in [-0.4, -0.2) is 20.6 Å². The maximum atomic E-state index is 12.6. The molecule has 1 amide bonds. The number of anilines is 1. The van der Waals surface area contributed by atoms with Crippen LogP contribution in [0, 0.1) is 24.0 Å². The number of nitrogens with zero attached hydrogens (tertiary/aromatic N) is 3. The summed E-state index contributed by atoms with van der Waals surface area (Å²) in [5.41, 5.74) is 2.48. The third kappa shape index (κ3) is 3.50. The molecule has 1 aromatic carbocycles. The predicted octanol–water partition coefficient (Wildman–Crippen LogP) is 4.27. The van der Waals surface area contributed by atoms with Crippen molar-refractivity contribution in [2.24, 2.45) is 0 Å². The summed E-state index contributed by atoms with van der Waals surface area (Å²) in [5, 5.41) is 18.1. The third-order valence-electron chi connectivity index (χ3n) is 3.94. The molecule has 2 heterocycles. The van der Waals surface area contributed by atoms with Gasteiger partial charge in [0, 0.05) is 23.1 Å². The van der Waals surface area contributed by atoms with Crippen molar-refractivity contribution in [2.45, 2.75) is 27.2 Å². The van der Waals surface area contributed by atoms with E-state index in [1.807, 2.05) is 19.9 Å². The Balaban J connectivity index is 1.89. The van der Waals surface area contributed by atoms with Crippen molar-refractivity contribution in [3.05, 3.63) is 67.5 Å². The zero-order chi connectivity index (χ0) is 18.8. The van der Waals surface area contributed by atoms with Gasteiger partial charge in [-0.05, 0) is 44.0 Å². The molecular formula is C18H18N4O3S. The van der Waals surface area contributed by atoms with Gasteiger partial charge in [0.15, 0.2) is 0 Å². The molecule has 2 aromatic heterocycles. The summed E-state index contributed by atoms with van der Waals surface area (Å²) in [4.78, 5) is 24.8. The van der Waals surface area contributed by atoms with Gasteiger partial charge >= 0.3 is 0 Å². The summed E-state index contributed by atoms with van der Waals surface area (Å²) in [5.74, 6) is 0.325. The van der Waals surface area contributed by atoms with E-state index in [0.29, 0.717) is 16.4 Å². The van der Waals surface area contributed by atoms with Crippen molar-refractivity contribution < 1.29 is 9.72 Å². The van der Waals surface area contributed by atoms with E-state index in [9.17, 15) is 14.9 Å². The summed E-state index contributed by atoms with van der Waals surface area (Å²) in [7, 11) is 0. The molecule has 0 saturated carbocycles. The highest BCUT2D eigenvalue weighted by molar-refractivity contribution is 7.14. The van der Waals surface area contributed by atoms with Gasteiger partial charge < -0.3 is 5.32 Å². The smallest absolute Gasteiger partial charge is 0.269 e. The SMILES string of the molecule is CCc1sc(C(=O)Nc2cc(C)nn2-c2ccc([N+](=O)[O-])cc2)cc1C. The fraction of sp³-hybridized carbons (Fsp3) is 0.222. The molecule has 1 N–H and O–H groups in total. The molecule has 8 heteroatoms. The van der Waals surface area contributed by atoms with E-state index in [0.717, 1.165) is 17.7 Å². The van der Waals surface area contributed by atoms with Crippen LogP contribution in [0.15, 0.2) is 36.4 Å². The molecule has 0 spiro atoms. The largest absolute Gasteiger partial charge is 0.306 e. The summed E-state index contributed by atoms with van der Waals surface area (Å²) >= 11 is 1.48. The van der Waals surface area contributed by atoms with Crippen LogP contribution in [0.2, 0.25) is 0 Å². The van der Waals surface area contributed by atoms with E-state index >= 15 is 0 Å². The maximum absolute atomic E-state index is 12.6. The number of carbonyl (C=O) groups excluding carboxylic acids is 1. The number of nitro groups is 1. The third-order valence-corrected chi connectivity index (χ3v) is 5.32. The molecule has 3 aromatic rings. The maximum Gasteiger partial charge on any atom is 0.269 e. The lowest BCUT2D eigenvalue weighted by molar-refractivity contribution is -0.384. The number of carbonyl (C=O) groups is 1. The Morgan fingerprint density at radius 2 is 1.96 bits per heavy atom. The fourth-order valence-corrected chi connectivity index (χ4v) is 3.67. The predicted molar refractivity (Wildman–Crippen MR) is 101 cm³/mol. The van der Waals surface area contributed by atoms with E-state index in [2.05, 4.69) is 17.3 Å². The number of thiophene rings is 1. The lowest BCUT2D eigenvalue weighted by atomic mass is 10.2. The molecule has 0 atom stereocenters. The first kappa shape index (κ1) is 17.8. The minimum atomic E-state index is -0.453. The highest BCUT2D eigenvalue weighted by Crippen LogP contribution is 2.25. The summed E-state index contributed by atoms with van der Waals surface area (Å²) < 4.78 is 1.57. The monoisotopic (exact) mass is 370 g/mol. The quantitative estimate of drug-likeness (QED) is 0.536. The molecule has 0 bridgehead atoms. The van der Waals surface area contributed by atoms with Gasteiger partial charge in [0.05, 0.1) is 21.2 Å². The normalized spacial score (nSPS) is 10.7. The van der Waals surface area contributed by atoms with Crippen LogP contribution in [0.4, 0.5) is 11.5 Å². The van der Waals surface area contributed by atoms with Crippen LogP contribution < -0.4 is 5.32 Å². The lowest BCUT2D eigenvalue weighted by Crippen LogP contribution is -2.14. The van der Waals surface area contributed by atoms with E-state index in [-0.39, 0.29) is 11.6 Å². The topological polar surface area (TPSA) is 90.1 Å². The second-order valence-electron chi connectivity index (χ2n) is 5.88. The van der Waals surface area contributed by atoms with Crippen molar-refractivity contribution in [1.82, 2.24) is 9.78 Å².